The van der Waals surface area contributed by atoms with Crippen molar-refractivity contribution in [3.8, 4) is 0 Å². The van der Waals surface area contributed by atoms with Crippen LogP contribution in [0.4, 0.5) is 5.82 Å². The minimum Gasteiger partial charge on any atom is -0.359 e. The Kier molecular flexibility index (Phi) is 4.87. The summed E-state index contributed by atoms with van der Waals surface area (Å²) in [6.45, 7) is 11.5. The van der Waals surface area contributed by atoms with E-state index in [1.807, 2.05) is 6.20 Å². The summed E-state index contributed by atoms with van der Waals surface area (Å²) in [7, 11) is 2.09. The molecular weight excluding hydrogens is 212 g/mol. The van der Waals surface area contributed by atoms with Gasteiger partial charge >= 0.3 is 0 Å². The van der Waals surface area contributed by atoms with E-state index in [1.165, 1.54) is 0 Å². The zero-order valence-corrected chi connectivity index (χ0v) is 11.6. The highest BCUT2D eigenvalue weighted by Gasteiger charge is 2.16. The van der Waals surface area contributed by atoms with E-state index in [4.69, 9.17) is 0 Å². The molecule has 0 radical (unpaired) electrons. The first kappa shape index (κ1) is 13.9. The summed E-state index contributed by atoms with van der Waals surface area (Å²) in [6.07, 6.45) is 3.51. The van der Waals surface area contributed by atoms with Gasteiger partial charge in [0, 0.05) is 31.9 Å². The van der Waals surface area contributed by atoms with Crippen molar-refractivity contribution in [2.45, 2.75) is 34.2 Å². The van der Waals surface area contributed by atoms with E-state index < -0.39 is 0 Å². The number of rotatable bonds is 5. The van der Waals surface area contributed by atoms with E-state index in [9.17, 15) is 0 Å². The largest absolute Gasteiger partial charge is 0.359 e. The fourth-order valence-electron chi connectivity index (χ4n) is 1.87. The Bertz CT molecular complexity index is 344. The van der Waals surface area contributed by atoms with Crippen molar-refractivity contribution >= 4 is 5.82 Å². The van der Waals surface area contributed by atoms with Crippen LogP contribution in [-0.4, -0.2) is 30.1 Å². The maximum absolute atomic E-state index is 4.39. The maximum Gasteiger partial charge on any atom is 0.136 e. The third kappa shape index (κ3) is 4.69. The van der Waals surface area contributed by atoms with E-state index in [2.05, 4.69) is 54.9 Å². The lowest BCUT2D eigenvalue weighted by molar-refractivity contribution is 0.417. The van der Waals surface area contributed by atoms with Crippen molar-refractivity contribution in [2.24, 2.45) is 5.41 Å². The molecule has 4 heteroatoms. The first-order chi connectivity index (χ1) is 7.94. The van der Waals surface area contributed by atoms with Crippen molar-refractivity contribution in [1.82, 2.24) is 15.3 Å². The van der Waals surface area contributed by atoms with Gasteiger partial charge < -0.3 is 10.2 Å². The molecule has 0 aliphatic carbocycles. The molecule has 0 spiro atoms. The molecule has 0 aliphatic rings. The third-order valence-corrected chi connectivity index (χ3v) is 2.40. The first-order valence-corrected chi connectivity index (χ1v) is 6.15. The predicted octanol–water partition coefficient (Wildman–Crippen LogP) is 2.07. The Labute approximate surface area is 104 Å². The van der Waals surface area contributed by atoms with Crippen LogP contribution in [-0.2, 0) is 6.54 Å². The molecule has 1 aromatic rings. The average Bonchev–Trinajstić information content (AvgIpc) is 2.24. The molecule has 96 valence electrons. The van der Waals surface area contributed by atoms with E-state index in [0.717, 1.165) is 31.0 Å². The van der Waals surface area contributed by atoms with Gasteiger partial charge in [-0.25, -0.2) is 9.97 Å². The zero-order valence-electron chi connectivity index (χ0n) is 11.6. The Balaban J connectivity index is 2.81. The fourth-order valence-corrected chi connectivity index (χ4v) is 1.87. The molecule has 1 N–H and O–H groups in total. The van der Waals surface area contributed by atoms with Crippen LogP contribution in [0.2, 0.25) is 0 Å². The third-order valence-electron chi connectivity index (χ3n) is 2.40. The fraction of sp³-hybridized carbons (Fsp3) is 0.692. The Hall–Kier alpha value is -1.16. The predicted molar refractivity (Wildman–Crippen MR) is 72.1 cm³/mol. The summed E-state index contributed by atoms with van der Waals surface area (Å²) in [5.74, 6) is 1.02. The molecule has 0 bridgehead atoms. The summed E-state index contributed by atoms with van der Waals surface area (Å²) in [5, 5.41) is 3.32. The molecular formula is C13H24N4. The lowest BCUT2D eigenvalue weighted by Gasteiger charge is -2.28. The summed E-state index contributed by atoms with van der Waals surface area (Å²) < 4.78 is 0. The minimum atomic E-state index is 0.259. The van der Waals surface area contributed by atoms with Gasteiger partial charge in [0.25, 0.3) is 0 Å². The smallest absolute Gasteiger partial charge is 0.136 e. The topological polar surface area (TPSA) is 41.1 Å². The van der Waals surface area contributed by atoms with Gasteiger partial charge in [-0.15, -0.1) is 0 Å². The number of nitrogens with zero attached hydrogens (tertiary/aromatic N) is 3. The van der Waals surface area contributed by atoms with Gasteiger partial charge in [-0.05, 0) is 12.0 Å². The molecule has 0 aromatic carbocycles. The standard InChI is InChI=1S/C13H24N4/c1-6-14-7-11-8-15-10-16-12(11)17(5)9-13(2,3)4/h8,10,14H,6-7,9H2,1-5H3. The monoisotopic (exact) mass is 236 g/mol. The summed E-state index contributed by atoms with van der Waals surface area (Å²) in [4.78, 5) is 10.7. The Morgan fingerprint density at radius 2 is 2.06 bits per heavy atom. The minimum absolute atomic E-state index is 0.259. The van der Waals surface area contributed by atoms with Crippen LogP contribution < -0.4 is 10.2 Å². The molecule has 0 saturated heterocycles. The zero-order chi connectivity index (χ0) is 12.9. The van der Waals surface area contributed by atoms with Crippen LogP contribution in [0.5, 0.6) is 0 Å². The van der Waals surface area contributed by atoms with Gasteiger partial charge in [0.05, 0.1) is 0 Å². The molecule has 4 nitrogen and oxygen atoms in total. The first-order valence-electron chi connectivity index (χ1n) is 6.15. The van der Waals surface area contributed by atoms with Crippen LogP contribution in [0.1, 0.15) is 33.3 Å². The summed E-state index contributed by atoms with van der Waals surface area (Å²) in [5.41, 5.74) is 1.41. The number of nitrogens with one attached hydrogen (secondary N) is 1. The molecule has 0 aliphatic heterocycles. The van der Waals surface area contributed by atoms with E-state index in [-0.39, 0.29) is 5.41 Å². The second-order valence-corrected chi connectivity index (χ2v) is 5.57. The van der Waals surface area contributed by atoms with Gasteiger partial charge in [0.15, 0.2) is 0 Å². The van der Waals surface area contributed by atoms with Crippen LogP contribution in [0.25, 0.3) is 0 Å². The van der Waals surface area contributed by atoms with Crippen molar-refractivity contribution in [3.05, 3.63) is 18.1 Å². The lowest BCUT2D eigenvalue weighted by Crippen LogP contribution is -2.31. The SMILES string of the molecule is CCNCc1cncnc1N(C)CC(C)(C)C. The molecule has 0 amide bonds. The Morgan fingerprint density at radius 3 is 2.65 bits per heavy atom. The second kappa shape index (κ2) is 5.96. The van der Waals surface area contributed by atoms with Crippen molar-refractivity contribution in [3.63, 3.8) is 0 Å². The van der Waals surface area contributed by atoms with Crippen molar-refractivity contribution in [2.75, 3.05) is 25.0 Å². The van der Waals surface area contributed by atoms with Crippen molar-refractivity contribution < 1.29 is 0 Å². The summed E-state index contributed by atoms with van der Waals surface area (Å²) in [6, 6.07) is 0. The maximum atomic E-state index is 4.39. The van der Waals surface area contributed by atoms with Crippen molar-refractivity contribution in [1.29, 1.82) is 0 Å². The molecule has 0 unspecified atom stereocenters. The van der Waals surface area contributed by atoms with Crippen LogP contribution in [0.3, 0.4) is 0 Å². The van der Waals surface area contributed by atoms with Crippen LogP contribution >= 0.6 is 0 Å². The van der Waals surface area contributed by atoms with Gasteiger partial charge in [-0.1, -0.05) is 27.7 Å². The van der Waals surface area contributed by atoms with E-state index >= 15 is 0 Å². The molecule has 0 atom stereocenters. The molecule has 0 saturated carbocycles. The quantitative estimate of drug-likeness (QED) is 0.849. The van der Waals surface area contributed by atoms with E-state index in [1.54, 1.807) is 6.33 Å². The lowest BCUT2D eigenvalue weighted by atomic mass is 9.96. The highest BCUT2D eigenvalue weighted by Crippen LogP contribution is 2.20. The van der Waals surface area contributed by atoms with Gasteiger partial charge in [0.1, 0.15) is 12.1 Å². The second-order valence-electron chi connectivity index (χ2n) is 5.57. The molecule has 17 heavy (non-hydrogen) atoms. The van der Waals surface area contributed by atoms with Crippen LogP contribution in [0, 0.1) is 5.41 Å². The normalized spacial score (nSPS) is 11.6. The Morgan fingerprint density at radius 1 is 1.35 bits per heavy atom. The van der Waals surface area contributed by atoms with Gasteiger partial charge in [0.2, 0.25) is 0 Å². The van der Waals surface area contributed by atoms with Gasteiger partial charge in [-0.2, -0.15) is 0 Å². The highest BCUT2D eigenvalue weighted by atomic mass is 15.2. The van der Waals surface area contributed by atoms with Gasteiger partial charge in [-0.3, -0.25) is 0 Å². The number of hydrogen-bond acceptors (Lipinski definition) is 4. The van der Waals surface area contributed by atoms with Crippen LogP contribution in [0.15, 0.2) is 12.5 Å². The molecule has 1 heterocycles. The molecule has 1 aromatic heterocycles. The molecule has 1 rings (SSSR count). The number of hydrogen-bond donors (Lipinski definition) is 1. The van der Waals surface area contributed by atoms with E-state index in [0.29, 0.717) is 0 Å². The highest BCUT2D eigenvalue weighted by molar-refractivity contribution is 5.44. The summed E-state index contributed by atoms with van der Waals surface area (Å²) >= 11 is 0. The molecule has 0 fully saturated rings. The number of aromatic nitrogens is 2. The number of anilines is 1. The average molecular weight is 236 g/mol.